The fourth-order valence-electron chi connectivity index (χ4n) is 2.92. The second-order valence-corrected chi connectivity index (χ2v) is 7.75. The lowest BCUT2D eigenvalue weighted by molar-refractivity contribution is 0.0954. The fraction of sp³-hybridized carbons (Fsp3) is 0.238. The van der Waals surface area contributed by atoms with Gasteiger partial charge in [-0.3, -0.25) is 14.2 Å². The number of benzene rings is 2. The van der Waals surface area contributed by atoms with Crippen LogP contribution in [0.2, 0.25) is 5.02 Å². The maximum Gasteiger partial charge on any atom is 0.308 e. The number of nitrogens with one attached hydrogen (secondary N) is 1. The molecule has 0 aliphatic carbocycles. The SMILES string of the molecule is COc1ccc(CNC(=O)c2sc(=O)n(Cc3cc(Cl)ccc3OC)c2C)cc1. The minimum atomic E-state index is -0.280. The Kier molecular flexibility index (Phi) is 6.61. The average Bonchev–Trinajstić information content (AvgIpc) is 3.01. The molecular weight excluding hydrogens is 412 g/mol. The number of hydrogen-bond donors (Lipinski definition) is 1. The van der Waals surface area contributed by atoms with Gasteiger partial charge in [0.25, 0.3) is 5.91 Å². The molecule has 0 saturated carbocycles. The first-order valence-corrected chi connectivity index (χ1v) is 10.1. The van der Waals surface area contributed by atoms with Crippen molar-refractivity contribution in [3.05, 3.63) is 78.9 Å². The highest BCUT2D eigenvalue weighted by molar-refractivity contribution is 7.11. The third-order valence-corrected chi connectivity index (χ3v) is 5.85. The van der Waals surface area contributed by atoms with Crippen molar-refractivity contribution in [3.63, 3.8) is 0 Å². The zero-order valence-electron chi connectivity index (χ0n) is 16.3. The van der Waals surface area contributed by atoms with E-state index in [4.69, 9.17) is 21.1 Å². The van der Waals surface area contributed by atoms with E-state index in [0.29, 0.717) is 27.9 Å². The number of carbonyl (C=O) groups is 1. The normalized spacial score (nSPS) is 10.6. The Morgan fingerprint density at radius 2 is 1.86 bits per heavy atom. The largest absolute Gasteiger partial charge is 0.497 e. The molecule has 0 unspecified atom stereocenters. The molecule has 1 amide bonds. The standard InChI is InChI=1S/C21H21ClN2O4S/c1-13-19(20(25)23-11-14-4-7-17(27-2)8-5-14)29-21(26)24(13)12-15-10-16(22)6-9-18(15)28-3/h4-10H,11-12H2,1-3H3,(H,23,25). The van der Waals surface area contributed by atoms with Gasteiger partial charge in [0.15, 0.2) is 0 Å². The Hall–Kier alpha value is -2.77. The summed E-state index contributed by atoms with van der Waals surface area (Å²) in [6.45, 7) is 2.39. The predicted octanol–water partition coefficient (Wildman–Crippen LogP) is 3.87. The van der Waals surface area contributed by atoms with Gasteiger partial charge in [-0.2, -0.15) is 0 Å². The molecule has 0 spiro atoms. The van der Waals surface area contributed by atoms with E-state index in [2.05, 4.69) is 5.32 Å². The molecule has 1 N–H and O–H groups in total. The van der Waals surface area contributed by atoms with Crippen LogP contribution >= 0.6 is 22.9 Å². The van der Waals surface area contributed by atoms with Gasteiger partial charge in [-0.15, -0.1) is 0 Å². The van der Waals surface area contributed by atoms with Gasteiger partial charge in [0.05, 0.1) is 20.8 Å². The molecule has 3 rings (SSSR count). The van der Waals surface area contributed by atoms with Crippen LogP contribution in [-0.4, -0.2) is 24.7 Å². The highest BCUT2D eigenvalue weighted by Crippen LogP contribution is 2.24. The maximum atomic E-state index is 12.6. The lowest BCUT2D eigenvalue weighted by Gasteiger charge is -2.11. The van der Waals surface area contributed by atoms with Gasteiger partial charge in [0.2, 0.25) is 0 Å². The molecule has 1 aromatic heterocycles. The number of carbonyl (C=O) groups excluding carboxylic acids is 1. The number of aromatic nitrogens is 1. The van der Waals surface area contributed by atoms with Gasteiger partial charge in [0, 0.05) is 22.8 Å². The van der Waals surface area contributed by atoms with E-state index in [0.717, 1.165) is 28.2 Å². The van der Waals surface area contributed by atoms with Gasteiger partial charge in [-0.25, -0.2) is 0 Å². The molecule has 0 saturated heterocycles. The van der Waals surface area contributed by atoms with Gasteiger partial charge < -0.3 is 14.8 Å². The Bertz CT molecular complexity index is 1070. The summed E-state index contributed by atoms with van der Waals surface area (Å²) in [7, 11) is 3.17. The number of thiazole rings is 1. The highest BCUT2D eigenvalue weighted by Gasteiger charge is 2.18. The molecule has 2 aromatic carbocycles. The van der Waals surface area contributed by atoms with Crippen LogP contribution < -0.4 is 19.7 Å². The van der Waals surface area contributed by atoms with Crippen molar-refractivity contribution in [3.8, 4) is 11.5 Å². The van der Waals surface area contributed by atoms with Crippen LogP contribution in [0.1, 0.15) is 26.5 Å². The summed E-state index contributed by atoms with van der Waals surface area (Å²) >= 11 is 7.01. The molecule has 6 nitrogen and oxygen atoms in total. The number of amides is 1. The highest BCUT2D eigenvalue weighted by atomic mass is 35.5. The van der Waals surface area contributed by atoms with E-state index < -0.39 is 0 Å². The molecule has 0 aliphatic rings. The molecule has 152 valence electrons. The molecule has 8 heteroatoms. The van der Waals surface area contributed by atoms with Crippen molar-refractivity contribution in [1.82, 2.24) is 9.88 Å². The summed E-state index contributed by atoms with van der Waals surface area (Å²) < 4.78 is 12.0. The zero-order valence-corrected chi connectivity index (χ0v) is 17.9. The first-order valence-electron chi connectivity index (χ1n) is 8.86. The molecule has 0 radical (unpaired) electrons. The monoisotopic (exact) mass is 432 g/mol. The summed E-state index contributed by atoms with van der Waals surface area (Å²) in [5, 5.41) is 3.42. The number of nitrogens with zero attached hydrogens (tertiary/aromatic N) is 1. The molecule has 0 aliphatic heterocycles. The van der Waals surface area contributed by atoms with Crippen molar-refractivity contribution in [2.45, 2.75) is 20.0 Å². The lowest BCUT2D eigenvalue weighted by Crippen LogP contribution is -2.23. The van der Waals surface area contributed by atoms with Gasteiger partial charge in [-0.1, -0.05) is 35.1 Å². The van der Waals surface area contributed by atoms with Crippen LogP contribution in [0.5, 0.6) is 11.5 Å². The van der Waals surface area contributed by atoms with Gasteiger partial charge >= 0.3 is 4.87 Å². The first-order chi connectivity index (χ1) is 13.9. The number of hydrogen-bond acceptors (Lipinski definition) is 5. The van der Waals surface area contributed by atoms with E-state index in [9.17, 15) is 9.59 Å². The average molecular weight is 433 g/mol. The van der Waals surface area contributed by atoms with E-state index in [-0.39, 0.29) is 17.3 Å². The number of rotatable bonds is 7. The van der Waals surface area contributed by atoms with Crippen molar-refractivity contribution < 1.29 is 14.3 Å². The molecule has 3 aromatic rings. The Balaban J connectivity index is 1.77. The molecule has 0 bridgehead atoms. The minimum absolute atomic E-state index is 0.209. The topological polar surface area (TPSA) is 69.6 Å². The summed E-state index contributed by atoms with van der Waals surface area (Å²) in [6, 6.07) is 12.7. The molecule has 1 heterocycles. The van der Waals surface area contributed by atoms with E-state index in [1.54, 1.807) is 43.9 Å². The summed E-state index contributed by atoms with van der Waals surface area (Å²) in [6.07, 6.45) is 0. The summed E-state index contributed by atoms with van der Waals surface area (Å²) in [5.41, 5.74) is 2.31. The quantitative estimate of drug-likeness (QED) is 0.615. The molecule has 0 atom stereocenters. The van der Waals surface area contributed by atoms with Crippen molar-refractivity contribution in [2.75, 3.05) is 14.2 Å². The van der Waals surface area contributed by atoms with E-state index >= 15 is 0 Å². The Morgan fingerprint density at radius 1 is 1.14 bits per heavy atom. The number of halogens is 1. The van der Waals surface area contributed by atoms with Crippen LogP contribution in [0, 0.1) is 6.92 Å². The third kappa shape index (κ3) is 4.81. The Labute approximate surface area is 177 Å². The van der Waals surface area contributed by atoms with Crippen molar-refractivity contribution >= 4 is 28.8 Å². The van der Waals surface area contributed by atoms with Crippen molar-refractivity contribution in [2.24, 2.45) is 0 Å². The van der Waals surface area contributed by atoms with Gasteiger partial charge in [-0.05, 0) is 42.8 Å². The fourth-order valence-corrected chi connectivity index (χ4v) is 4.02. The smallest absolute Gasteiger partial charge is 0.308 e. The Morgan fingerprint density at radius 3 is 2.52 bits per heavy atom. The van der Waals surface area contributed by atoms with Crippen LogP contribution in [0.4, 0.5) is 0 Å². The van der Waals surface area contributed by atoms with Crippen LogP contribution in [-0.2, 0) is 13.1 Å². The first kappa shape index (κ1) is 21.0. The molecule has 0 fully saturated rings. The predicted molar refractivity (Wildman–Crippen MR) is 115 cm³/mol. The summed E-state index contributed by atoms with van der Waals surface area (Å²) in [5.74, 6) is 1.11. The van der Waals surface area contributed by atoms with Gasteiger partial charge in [0.1, 0.15) is 16.4 Å². The van der Waals surface area contributed by atoms with E-state index in [1.807, 2.05) is 24.3 Å². The zero-order chi connectivity index (χ0) is 21.0. The molecular formula is C21H21ClN2O4S. The lowest BCUT2D eigenvalue weighted by atomic mass is 10.2. The van der Waals surface area contributed by atoms with Crippen molar-refractivity contribution in [1.29, 1.82) is 0 Å². The minimum Gasteiger partial charge on any atom is -0.497 e. The van der Waals surface area contributed by atoms with Crippen LogP contribution in [0.15, 0.2) is 47.3 Å². The van der Waals surface area contributed by atoms with Crippen LogP contribution in [0.3, 0.4) is 0 Å². The maximum absolute atomic E-state index is 12.6. The van der Waals surface area contributed by atoms with Crippen LogP contribution in [0.25, 0.3) is 0 Å². The van der Waals surface area contributed by atoms with E-state index in [1.165, 1.54) is 0 Å². The number of ether oxygens (including phenoxy) is 2. The third-order valence-electron chi connectivity index (χ3n) is 4.53. The second-order valence-electron chi connectivity index (χ2n) is 6.36. The number of methoxy groups -OCH3 is 2. The second kappa shape index (κ2) is 9.15. The summed E-state index contributed by atoms with van der Waals surface area (Å²) in [4.78, 5) is 25.3. The molecule has 29 heavy (non-hydrogen) atoms.